The molecule has 9 heavy (non-hydrogen) atoms. The standard InChI is InChI=1S/C2H6O5PS/c1-6-8(3)7-9(2,4)5/h1-2H3/q+1. The van der Waals surface area contributed by atoms with Gasteiger partial charge in [0.15, 0.2) is 0 Å². The minimum Gasteiger partial charge on any atom is -0.196 e. The summed E-state index contributed by atoms with van der Waals surface area (Å²) in [4.78, 5) is 0. The minimum absolute atomic E-state index is 0.791. The molecular formula is C2H6O5PS+. The Morgan fingerprint density at radius 1 is 1.44 bits per heavy atom. The van der Waals surface area contributed by atoms with Crippen LogP contribution < -0.4 is 0 Å². The van der Waals surface area contributed by atoms with Crippen LogP contribution in [0.4, 0.5) is 0 Å². The van der Waals surface area contributed by atoms with E-state index in [1.165, 1.54) is 0 Å². The van der Waals surface area contributed by atoms with E-state index in [4.69, 9.17) is 0 Å². The van der Waals surface area contributed by atoms with Gasteiger partial charge in [0.05, 0.1) is 13.4 Å². The van der Waals surface area contributed by atoms with Gasteiger partial charge in [-0.05, 0) is 0 Å². The van der Waals surface area contributed by atoms with Crippen molar-refractivity contribution in [3.63, 3.8) is 0 Å². The number of hydrogen-bond acceptors (Lipinski definition) is 5. The van der Waals surface area contributed by atoms with Gasteiger partial charge in [0, 0.05) is 8.54 Å². The highest BCUT2D eigenvalue weighted by Crippen LogP contribution is 2.23. The van der Waals surface area contributed by atoms with Crippen molar-refractivity contribution < 1.29 is 21.5 Å². The zero-order chi connectivity index (χ0) is 7.49. The predicted octanol–water partition coefficient (Wildman–Crippen LogP) is 0.266. The highest BCUT2D eigenvalue weighted by Gasteiger charge is 2.25. The van der Waals surface area contributed by atoms with E-state index in [0.717, 1.165) is 13.4 Å². The van der Waals surface area contributed by atoms with Gasteiger partial charge >= 0.3 is 18.4 Å². The molecule has 0 amide bonds. The molecule has 0 saturated heterocycles. The first-order chi connectivity index (χ1) is 3.95. The van der Waals surface area contributed by atoms with Gasteiger partial charge in [-0.25, -0.2) is 0 Å². The van der Waals surface area contributed by atoms with E-state index >= 15 is 0 Å². The fourth-order valence-electron chi connectivity index (χ4n) is 0.141. The average molecular weight is 173 g/mol. The van der Waals surface area contributed by atoms with Gasteiger partial charge in [0.1, 0.15) is 0 Å². The summed E-state index contributed by atoms with van der Waals surface area (Å²) in [6, 6.07) is 0. The van der Waals surface area contributed by atoms with Crippen LogP contribution in [0.3, 0.4) is 0 Å². The molecule has 1 unspecified atom stereocenters. The molecule has 0 aromatic heterocycles. The van der Waals surface area contributed by atoms with Crippen LogP contribution in [0.2, 0.25) is 0 Å². The first-order valence-electron chi connectivity index (χ1n) is 1.86. The van der Waals surface area contributed by atoms with E-state index < -0.39 is 18.4 Å². The second-order valence-electron chi connectivity index (χ2n) is 1.18. The highest BCUT2D eigenvalue weighted by atomic mass is 32.2. The largest absolute Gasteiger partial charge is 0.714 e. The van der Waals surface area contributed by atoms with Gasteiger partial charge in [-0.1, -0.05) is 0 Å². The fraction of sp³-hybridized carbons (Fsp3) is 1.00. The molecule has 54 valence electrons. The lowest BCUT2D eigenvalue weighted by molar-refractivity contribution is 0.350. The van der Waals surface area contributed by atoms with Gasteiger partial charge in [0.25, 0.3) is 0 Å². The molecule has 0 aliphatic carbocycles. The summed E-state index contributed by atoms with van der Waals surface area (Å²) in [6.45, 7) is 0. The Kier molecular flexibility index (Phi) is 3.21. The number of rotatable bonds is 3. The van der Waals surface area contributed by atoms with Crippen molar-refractivity contribution in [3.8, 4) is 0 Å². The molecule has 0 spiro atoms. The molecule has 0 aromatic rings. The maximum Gasteiger partial charge on any atom is 0.714 e. The molecule has 0 N–H and O–H groups in total. The summed E-state index contributed by atoms with van der Waals surface area (Å²) in [5.41, 5.74) is 0. The molecule has 0 fully saturated rings. The van der Waals surface area contributed by atoms with Crippen LogP contribution in [0.5, 0.6) is 0 Å². The van der Waals surface area contributed by atoms with Gasteiger partial charge < -0.3 is 0 Å². The average Bonchev–Trinajstić information content (AvgIpc) is 1.62. The summed E-state index contributed by atoms with van der Waals surface area (Å²) >= 11 is 0. The monoisotopic (exact) mass is 173 g/mol. The van der Waals surface area contributed by atoms with E-state index in [1.807, 2.05) is 0 Å². The SMILES string of the molecule is CO[P+](=O)OS(C)(=O)=O. The zero-order valence-corrected chi connectivity index (χ0v) is 6.61. The van der Waals surface area contributed by atoms with E-state index in [2.05, 4.69) is 8.49 Å². The molecule has 7 heteroatoms. The van der Waals surface area contributed by atoms with E-state index in [0.29, 0.717) is 0 Å². The Morgan fingerprint density at radius 3 is 2.00 bits per heavy atom. The van der Waals surface area contributed by atoms with Crippen LogP contribution >= 0.6 is 8.25 Å². The highest BCUT2D eigenvalue weighted by molar-refractivity contribution is 7.88. The Balaban J connectivity index is 3.91. The molecule has 1 atom stereocenters. The lowest BCUT2D eigenvalue weighted by atomic mass is 11.8. The Bertz CT molecular complexity index is 193. The van der Waals surface area contributed by atoms with Crippen molar-refractivity contribution in [2.45, 2.75) is 0 Å². The van der Waals surface area contributed by atoms with Crippen molar-refractivity contribution in [3.05, 3.63) is 0 Å². The topological polar surface area (TPSA) is 69.7 Å². The molecule has 0 aliphatic heterocycles. The van der Waals surface area contributed by atoms with Crippen LogP contribution in [0, 0.1) is 0 Å². The molecule has 0 aromatic carbocycles. The van der Waals surface area contributed by atoms with E-state index in [1.54, 1.807) is 0 Å². The van der Waals surface area contributed by atoms with Crippen LogP contribution in [0.25, 0.3) is 0 Å². The molecular weight excluding hydrogens is 167 g/mol. The van der Waals surface area contributed by atoms with E-state index in [9.17, 15) is 13.0 Å². The van der Waals surface area contributed by atoms with Crippen molar-refractivity contribution in [2.75, 3.05) is 13.4 Å². The lowest BCUT2D eigenvalue weighted by Crippen LogP contribution is -1.95. The third kappa shape index (κ3) is 5.85. The smallest absolute Gasteiger partial charge is 0.196 e. The van der Waals surface area contributed by atoms with Gasteiger partial charge in [0.2, 0.25) is 0 Å². The summed E-state index contributed by atoms with van der Waals surface area (Å²) in [7, 11) is -5.06. The fourth-order valence-corrected chi connectivity index (χ4v) is 1.27. The minimum atomic E-state index is -3.64. The Labute approximate surface area is 54.0 Å². The van der Waals surface area contributed by atoms with Crippen molar-refractivity contribution in [2.24, 2.45) is 0 Å². The summed E-state index contributed by atoms with van der Waals surface area (Å²) in [6.07, 6.45) is 0.791. The Hall–Kier alpha value is -0.0300. The van der Waals surface area contributed by atoms with Crippen LogP contribution in [-0.2, 0) is 23.2 Å². The van der Waals surface area contributed by atoms with E-state index in [-0.39, 0.29) is 0 Å². The second kappa shape index (κ2) is 3.22. The van der Waals surface area contributed by atoms with Crippen molar-refractivity contribution in [1.82, 2.24) is 0 Å². The Morgan fingerprint density at radius 2 is 1.89 bits per heavy atom. The zero-order valence-electron chi connectivity index (χ0n) is 4.90. The third-order valence-corrected chi connectivity index (χ3v) is 2.21. The third-order valence-electron chi connectivity index (χ3n) is 0.345. The molecule has 0 aliphatic rings. The van der Waals surface area contributed by atoms with Crippen molar-refractivity contribution >= 4 is 18.4 Å². The second-order valence-corrected chi connectivity index (χ2v) is 4.00. The summed E-state index contributed by atoms with van der Waals surface area (Å²) in [5, 5.41) is 0. The molecule has 5 nitrogen and oxygen atoms in total. The lowest BCUT2D eigenvalue weighted by Gasteiger charge is -1.79. The maximum atomic E-state index is 10.2. The normalized spacial score (nSPS) is 13.3. The summed E-state index contributed by atoms with van der Waals surface area (Å²) < 4.78 is 38.3. The van der Waals surface area contributed by atoms with Crippen molar-refractivity contribution in [1.29, 1.82) is 0 Å². The van der Waals surface area contributed by atoms with Gasteiger partial charge in [-0.3, -0.25) is 0 Å². The van der Waals surface area contributed by atoms with Crippen LogP contribution in [0.1, 0.15) is 0 Å². The first kappa shape index (κ1) is 8.97. The van der Waals surface area contributed by atoms with Crippen LogP contribution in [0.15, 0.2) is 0 Å². The predicted molar refractivity (Wildman–Crippen MR) is 30.5 cm³/mol. The molecule has 0 rings (SSSR count). The molecule has 0 bridgehead atoms. The van der Waals surface area contributed by atoms with Crippen LogP contribution in [-0.4, -0.2) is 21.8 Å². The van der Waals surface area contributed by atoms with Gasteiger partial charge in [-0.15, -0.1) is 4.52 Å². The summed E-state index contributed by atoms with van der Waals surface area (Å²) in [5.74, 6) is 0. The quantitative estimate of drug-likeness (QED) is 0.572. The molecule has 0 heterocycles. The maximum absolute atomic E-state index is 10.2. The first-order valence-corrected chi connectivity index (χ1v) is 4.78. The molecule has 0 saturated carbocycles. The molecule has 0 radical (unpaired) electrons. The van der Waals surface area contributed by atoms with Gasteiger partial charge in [-0.2, -0.15) is 8.42 Å². The number of hydrogen-bond donors (Lipinski definition) is 0.